The number of benzene rings is 10. The van der Waals surface area contributed by atoms with Crippen molar-refractivity contribution in [3.63, 3.8) is 0 Å². The van der Waals surface area contributed by atoms with Gasteiger partial charge in [-0.25, -0.2) is 15.0 Å². The molecular weight excluding hydrogens is 827 g/mol. The van der Waals surface area contributed by atoms with Gasteiger partial charge in [0.15, 0.2) is 17.5 Å². The molecule has 318 valence electrons. The van der Waals surface area contributed by atoms with Crippen LogP contribution in [0.4, 0.5) is 0 Å². The highest BCUT2D eigenvalue weighted by atomic mass is 16.3. The van der Waals surface area contributed by atoms with E-state index >= 15 is 0 Å². The third-order valence-corrected chi connectivity index (χ3v) is 13.6. The fraction of sp³-hybridized carbons (Fsp3) is 0.0156. The van der Waals surface area contributed by atoms with E-state index in [0.717, 1.165) is 66.4 Å². The van der Waals surface area contributed by atoms with E-state index in [0.29, 0.717) is 17.5 Å². The second-order valence-corrected chi connectivity index (χ2v) is 17.4. The van der Waals surface area contributed by atoms with Crippen molar-refractivity contribution in [1.29, 1.82) is 0 Å². The maximum atomic E-state index is 6.60. The molecule has 0 saturated carbocycles. The molecule has 12 aromatic rings. The molecule has 4 heteroatoms. The standard InChI is InChI=1S/C64H41N3O/c1-5-19-42(20-6-1)44-23-16-26-48(40-44)62-65-61(43-21-7-2-8-22-43)66-63(67-62)53-33-18-36-58-60(53)54-41-46(37-38-57(54)68-58)45-24-15-25-47(39-45)51-32-17-35-56-59(51)52-31-13-14-34-55(52)64(56,49-27-9-3-10-28-49)50-29-11-4-12-30-50/h1-41H. The van der Waals surface area contributed by atoms with E-state index in [-0.39, 0.29) is 0 Å². The summed E-state index contributed by atoms with van der Waals surface area (Å²) in [6.45, 7) is 0. The van der Waals surface area contributed by atoms with Gasteiger partial charge in [0.1, 0.15) is 11.2 Å². The van der Waals surface area contributed by atoms with Crippen molar-refractivity contribution in [1.82, 2.24) is 15.0 Å². The van der Waals surface area contributed by atoms with Gasteiger partial charge in [-0.3, -0.25) is 0 Å². The van der Waals surface area contributed by atoms with Crippen LogP contribution < -0.4 is 0 Å². The maximum Gasteiger partial charge on any atom is 0.164 e. The van der Waals surface area contributed by atoms with E-state index in [1.807, 2.05) is 48.5 Å². The number of rotatable bonds is 8. The van der Waals surface area contributed by atoms with Gasteiger partial charge in [-0.2, -0.15) is 0 Å². The summed E-state index contributed by atoms with van der Waals surface area (Å²) in [4.78, 5) is 15.5. The van der Waals surface area contributed by atoms with E-state index in [1.165, 1.54) is 38.9 Å². The van der Waals surface area contributed by atoms with Crippen molar-refractivity contribution in [2.24, 2.45) is 0 Å². The molecule has 4 nitrogen and oxygen atoms in total. The molecule has 0 N–H and O–H groups in total. The van der Waals surface area contributed by atoms with Crippen LogP contribution in [0.2, 0.25) is 0 Å². The summed E-state index contributed by atoms with van der Waals surface area (Å²) in [5.74, 6) is 1.80. The molecule has 0 unspecified atom stereocenters. The number of nitrogens with zero attached hydrogens (tertiary/aromatic N) is 3. The second-order valence-electron chi connectivity index (χ2n) is 17.4. The summed E-state index contributed by atoms with van der Waals surface area (Å²) >= 11 is 0. The largest absolute Gasteiger partial charge is 0.456 e. The third kappa shape index (κ3) is 6.41. The molecule has 0 radical (unpaired) electrons. The Morgan fingerprint density at radius 1 is 0.294 bits per heavy atom. The van der Waals surface area contributed by atoms with Gasteiger partial charge in [0.2, 0.25) is 0 Å². The van der Waals surface area contributed by atoms with Gasteiger partial charge in [0, 0.05) is 27.5 Å². The first-order valence-electron chi connectivity index (χ1n) is 23.1. The molecule has 2 heterocycles. The number of furan rings is 1. The predicted octanol–water partition coefficient (Wildman–Crippen LogP) is 16.1. The Kier molecular flexibility index (Phi) is 9.36. The summed E-state index contributed by atoms with van der Waals surface area (Å²) in [5, 5.41) is 1.96. The molecule has 0 aliphatic heterocycles. The summed E-state index contributed by atoms with van der Waals surface area (Å²) in [7, 11) is 0. The molecule has 1 aliphatic carbocycles. The Balaban J connectivity index is 0.952. The van der Waals surface area contributed by atoms with Crippen LogP contribution in [0.25, 0.3) is 101 Å². The first kappa shape index (κ1) is 39.4. The summed E-state index contributed by atoms with van der Waals surface area (Å²) < 4.78 is 6.60. The molecule has 0 bridgehead atoms. The molecule has 0 atom stereocenters. The minimum absolute atomic E-state index is 0.472. The summed E-state index contributed by atoms with van der Waals surface area (Å²) in [6, 6.07) is 88.3. The van der Waals surface area contributed by atoms with E-state index in [9.17, 15) is 0 Å². The number of aromatic nitrogens is 3. The van der Waals surface area contributed by atoms with Crippen LogP contribution in [0.3, 0.4) is 0 Å². The Morgan fingerprint density at radius 3 is 1.51 bits per heavy atom. The Labute approximate surface area is 394 Å². The van der Waals surface area contributed by atoms with Crippen LogP contribution in [-0.2, 0) is 5.41 Å². The van der Waals surface area contributed by atoms with Crippen molar-refractivity contribution >= 4 is 21.9 Å². The highest BCUT2D eigenvalue weighted by Gasteiger charge is 2.46. The topological polar surface area (TPSA) is 51.8 Å². The Morgan fingerprint density at radius 2 is 0.779 bits per heavy atom. The van der Waals surface area contributed by atoms with Gasteiger partial charge in [-0.1, -0.05) is 218 Å². The van der Waals surface area contributed by atoms with E-state index in [2.05, 4.69) is 200 Å². The quantitative estimate of drug-likeness (QED) is 0.153. The predicted molar refractivity (Wildman–Crippen MR) is 277 cm³/mol. The molecule has 13 rings (SSSR count). The van der Waals surface area contributed by atoms with Crippen molar-refractivity contribution < 1.29 is 4.42 Å². The van der Waals surface area contributed by atoms with Crippen LogP contribution >= 0.6 is 0 Å². The second kappa shape index (κ2) is 16.2. The van der Waals surface area contributed by atoms with Crippen molar-refractivity contribution in [3.05, 3.63) is 271 Å². The van der Waals surface area contributed by atoms with Crippen LogP contribution in [-0.4, -0.2) is 15.0 Å². The van der Waals surface area contributed by atoms with Gasteiger partial charge < -0.3 is 4.42 Å². The van der Waals surface area contributed by atoms with Crippen LogP contribution in [0.5, 0.6) is 0 Å². The van der Waals surface area contributed by atoms with Gasteiger partial charge in [-0.05, 0) is 97.1 Å². The normalized spacial score (nSPS) is 12.5. The lowest BCUT2D eigenvalue weighted by atomic mass is 9.67. The van der Waals surface area contributed by atoms with Gasteiger partial charge in [0.05, 0.1) is 5.41 Å². The smallest absolute Gasteiger partial charge is 0.164 e. The zero-order valence-electron chi connectivity index (χ0n) is 36.9. The maximum absolute atomic E-state index is 6.60. The van der Waals surface area contributed by atoms with Crippen LogP contribution in [0.15, 0.2) is 253 Å². The molecule has 0 amide bonds. The highest BCUT2D eigenvalue weighted by molar-refractivity contribution is 6.13. The average molecular weight is 868 g/mol. The first-order chi connectivity index (χ1) is 33.7. The van der Waals surface area contributed by atoms with Gasteiger partial charge in [-0.15, -0.1) is 0 Å². The highest BCUT2D eigenvalue weighted by Crippen LogP contribution is 2.58. The first-order valence-corrected chi connectivity index (χ1v) is 23.1. The van der Waals surface area contributed by atoms with Crippen LogP contribution in [0, 0.1) is 0 Å². The zero-order valence-corrected chi connectivity index (χ0v) is 36.9. The molecule has 0 saturated heterocycles. The SMILES string of the molecule is c1ccc(-c2cccc(-c3nc(-c4ccccc4)nc(-c4cccc5oc6ccc(-c7cccc(-c8cccc9c8-c8ccccc8C9(c8ccccc8)c8ccccc8)c7)cc6c45)n3)c2)cc1. The molecule has 2 aromatic heterocycles. The lowest BCUT2D eigenvalue weighted by Gasteiger charge is -2.34. The summed E-state index contributed by atoms with van der Waals surface area (Å²) in [6.07, 6.45) is 0. The van der Waals surface area contributed by atoms with E-state index in [4.69, 9.17) is 19.4 Å². The number of hydrogen-bond acceptors (Lipinski definition) is 4. The molecule has 1 aliphatic rings. The van der Waals surface area contributed by atoms with Gasteiger partial charge >= 0.3 is 0 Å². The van der Waals surface area contributed by atoms with E-state index < -0.39 is 5.41 Å². The number of hydrogen-bond donors (Lipinski definition) is 0. The zero-order chi connectivity index (χ0) is 45.0. The van der Waals surface area contributed by atoms with Crippen molar-refractivity contribution in [2.45, 2.75) is 5.41 Å². The lowest BCUT2D eigenvalue weighted by molar-refractivity contribution is 0.669. The van der Waals surface area contributed by atoms with Crippen molar-refractivity contribution in [2.75, 3.05) is 0 Å². The lowest BCUT2D eigenvalue weighted by Crippen LogP contribution is -2.28. The van der Waals surface area contributed by atoms with Crippen molar-refractivity contribution in [3.8, 4) is 78.7 Å². The number of fused-ring (bicyclic) bond motifs is 6. The van der Waals surface area contributed by atoms with Gasteiger partial charge in [0.25, 0.3) is 0 Å². The van der Waals surface area contributed by atoms with E-state index in [1.54, 1.807) is 0 Å². The molecule has 0 spiro atoms. The average Bonchev–Trinajstić information content (AvgIpc) is 3.96. The Bertz CT molecular complexity index is 3800. The van der Waals surface area contributed by atoms with Crippen LogP contribution in [0.1, 0.15) is 22.3 Å². The fourth-order valence-electron chi connectivity index (χ4n) is 10.6. The fourth-order valence-corrected chi connectivity index (χ4v) is 10.6. The molecule has 0 fully saturated rings. The summed E-state index contributed by atoms with van der Waals surface area (Å²) in [5.41, 5.74) is 18.2. The monoisotopic (exact) mass is 867 g/mol. The molecule has 68 heavy (non-hydrogen) atoms. The molecular formula is C64H41N3O. The molecule has 10 aromatic carbocycles. The Hall–Kier alpha value is -8.99. The third-order valence-electron chi connectivity index (χ3n) is 13.6. The minimum Gasteiger partial charge on any atom is -0.456 e. The minimum atomic E-state index is -0.472.